The van der Waals surface area contributed by atoms with Gasteiger partial charge in [0, 0.05) is 11.8 Å². The Balaban J connectivity index is 2.53. The lowest BCUT2D eigenvalue weighted by Gasteiger charge is -2.14. The number of para-hydroxylation sites is 2. The molecule has 4 heteroatoms. The molecule has 0 aliphatic heterocycles. The summed E-state index contributed by atoms with van der Waals surface area (Å²) in [4.78, 5) is 4.35. The molecule has 2 rings (SSSR count). The summed E-state index contributed by atoms with van der Waals surface area (Å²) < 4.78 is 2.10. The van der Waals surface area contributed by atoms with Gasteiger partial charge in [-0.05, 0) is 25.3 Å². The summed E-state index contributed by atoms with van der Waals surface area (Å²) >= 11 is 1.82. The van der Waals surface area contributed by atoms with Crippen LogP contribution >= 0.6 is 11.8 Å². The number of nitrogen functional groups attached to an aromatic ring is 1. The smallest absolute Gasteiger partial charge is 0.201 e. The molecular formula is C11H15N3S. The molecule has 15 heavy (non-hydrogen) atoms. The van der Waals surface area contributed by atoms with Gasteiger partial charge in [0.15, 0.2) is 0 Å². The maximum atomic E-state index is 5.93. The fraction of sp³-hybridized carbons (Fsp3) is 0.364. The molecular weight excluding hydrogens is 206 g/mol. The van der Waals surface area contributed by atoms with Crippen LogP contribution in [-0.2, 0) is 0 Å². The molecule has 0 fully saturated rings. The summed E-state index contributed by atoms with van der Waals surface area (Å²) in [7, 11) is 0. The van der Waals surface area contributed by atoms with Crippen molar-refractivity contribution in [1.82, 2.24) is 9.55 Å². The number of aromatic nitrogens is 2. The predicted octanol–water partition coefficient (Wildman–Crippen LogP) is 2.54. The van der Waals surface area contributed by atoms with Gasteiger partial charge in [0.1, 0.15) is 0 Å². The molecule has 0 saturated carbocycles. The van der Waals surface area contributed by atoms with E-state index in [1.807, 2.05) is 30.0 Å². The number of hydrogen-bond donors (Lipinski definition) is 1. The van der Waals surface area contributed by atoms with Crippen molar-refractivity contribution < 1.29 is 0 Å². The number of anilines is 1. The number of nitrogens with zero attached hydrogens (tertiary/aromatic N) is 2. The Kier molecular flexibility index (Phi) is 2.86. The second-order valence-corrected chi connectivity index (χ2v) is 4.54. The van der Waals surface area contributed by atoms with Crippen LogP contribution in [0, 0.1) is 0 Å². The lowest BCUT2D eigenvalue weighted by molar-refractivity contribution is 0.637. The van der Waals surface area contributed by atoms with Crippen LogP contribution in [0.5, 0.6) is 0 Å². The number of benzene rings is 1. The van der Waals surface area contributed by atoms with E-state index >= 15 is 0 Å². The zero-order valence-electron chi connectivity index (χ0n) is 8.97. The lowest BCUT2D eigenvalue weighted by atomic mass is 10.3. The largest absolute Gasteiger partial charge is 0.369 e. The number of thioether (sulfide) groups is 1. The number of imidazole rings is 1. The Morgan fingerprint density at radius 1 is 1.47 bits per heavy atom. The van der Waals surface area contributed by atoms with Gasteiger partial charge in [-0.25, -0.2) is 4.98 Å². The number of rotatable bonds is 3. The van der Waals surface area contributed by atoms with E-state index in [9.17, 15) is 0 Å². The van der Waals surface area contributed by atoms with Crippen molar-refractivity contribution in [2.45, 2.75) is 13.0 Å². The van der Waals surface area contributed by atoms with E-state index in [-0.39, 0.29) is 0 Å². The molecule has 0 aliphatic rings. The van der Waals surface area contributed by atoms with Gasteiger partial charge in [0.05, 0.1) is 11.0 Å². The highest BCUT2D eigenvalue weighted by molar-refractivity contribution is 7.98. The maximum absolute atomic E-state index is 5.93. The summed E-state index contributed by atoms with van der Waals surface area (Å²) in [6.45, 7) is 2.17. The average molecular weight is 221 g/mol. The van der Waals surface area contributed by atoms with Crippen LogP contribution in [0.4, 0.5) is 5.95 Å². The summed E-state index contributed by atoms with van der Waals surface area (Å²) in [5.41, 5.74) is 8.02. The van der Waals surface area contributed by atoms with E-state index in [1.165, 1.54) is 0 Å². The minimum Gasteiger partial charge on any atom is -0.369 e. The first-order valence-corrected chi connectivity index (χ1v) is 6.35. The predicted molar refractivity (Wildman–Crippen MR) is 67.2 cm³/mol. The van der Waals surface area contributed by atoms with Gasteiger partial charge in [-0.3, -0.25) is 0 Å². The van der Waals surface area contributed by atoms with E-state index in [0.29, 0.717) is 12.0 Å². The Morgan fingerprint density at radius 2 is 2.20 bits per heavy atom. The van der Waals surface area contributed by atoms with Crippen molar-refractivity contribution in [3.8, 4) is 0 Å². The van der Waals surface area contributed by atoms with Crippen LogP contribution in [0.3, 0.4) is 0 Å². The van der Waals surface area contributed by atoms with E-state index in [4.69, 9.17) is 5.73 Å². The molecule has 1 heterocycles. The number of fused-ring (bicyclic) bond motifs is 1. The Hall–Kier alpha value is -1.16. The molecule has 0 spiro atoms. The molecule has 3 nitrogen and oxygen atoms in total. The molecule has 1 atom stereocenters. The first-order chi connectivity index (χ1) is 7.24. The molecule has 0 amide bonds. The fourth-order valence-electron chi connectivity index (χ4n) is 1.84. The average Bonchev–Trinajstić information content (AvgIpc) is 2.54. The van der Waals surface area contributed by atoms with Gasteiger partial charge in [-0.15, -0.1) is 0 Å². The zero-order valence-corrected chi connectivity index (χ0v) is 9.79. The van der Waals surface area contributed by atoms with Crippen molar-refractivity contribution in [2.75, 3.05) is 17.7 Å². The topological polar surface area (TPSA) is 43.8 Å². The number of hydrogen-bond acceptors (Lipinski definition) is 3. The van der Waals surface area contributed by atoms with Gasteiger partial charge in [-0.2, -0.15) is 11.8 Å². The second kappa shape index (κ2) is 4.14. The molecule has 0 aliphatic carbocycles. The third kappa shape index (κ3) is 1.81. The van der Waals surface area contributed by atoms with Crippen LogP contribution in [0.2, 0.25) is 0 Å². The van der Waals surface area contributed by atoms with Crippen molar-refractivity contribution in [3.63, 3.8) is 0 Å². The summed E-state index contributed by atoms with van der Waals surface area (Å²) in [5, 5.41) is 0. The summed E-state index contributed by atoms with van der Waals surface area (Å²) in [6, 6.07) is 8.44. The number of nitrogens with two attached hydrogens (primary N) is 1. The van der Waals surface area contributed by atoms with Gasteiger partial charge >= 0.3 is 0 Å². The van der Waals surface area contributed by atoms with Gasteiger partial charge < -0.3 is 10.3 Å². The lowest BCUT2D eigenvalue weighted by Crippen LogP contribution is -2.10. The van der Waals surface area contributed by atoms with Crippen LogP contribution in [0.15, 0.2) is 24.3 Å². The third-order valence-corrected chi connectivity index (χ3v) is 3.29. The third-order valence-electron chi connectivity index (χ3n) is 2.47. The van der Waals surface area contributed by atoms with Gasteiger partial charge in [0.25, 0.3) is 0 Å². The molecule has 0 radical (unpaired) electrons. The highest BCUT2D eigenvalue weighted by Gasteiger charge is 2.12. The molecule has 80 valence electrons. The SMILES string of the molecule is CSCC(C)n1c(N)nc2ccccc21. The van der Waals surface area contributed by atoms with Gasteiger partial charge in [0.2, 0.25) is 5.95 Å². The van der Waals surface area contributed by atoms with E-state index in [0.717, 1.165) is 16.8 Å². The fourth-order valence-corrected chi connectivity index (χ4v) is 2.47. The van der Waals surface area contributed by atoms with Crippen LogP contribution in [0.1, 0.15) is 13.0 Å². The molecule has 0 saturated heterocycles. The molecule has 1 aromatic carbocycles. The highest BCUT2D eigenvalue weighted by Crippen LogP contribution is 2.23. The van der Waals surface area contributed by atoms with Crippen LogP contribution in [-0.4, -0.2) is 21.6 Å². The van der Waals surface area contributed by atoms with Crippen LogP contribution in [0.25, 0.3) is 11.0 Å². The van der Waals surface area contributed by atoms with E-state index < -0.39 is 0 Å². The minimum atomic E-state index is 0.382. The Morgan fingerprint density at radius 3 is 2.93 bits per heavy atom. The van der Waals surface area contributed by atoms with Crippen molar-refractivity contribution in [2.24, 2.45) is 0 Å². The quantitative estimate of drug-likeness (QED) is 0.866. The monoisotopic (exact) mass is 221 g/mol. The van der Waals surface area contributed by atoms with Crippen molar-refractivity contribution in [1.29, 1.82) is 0 Å². The second-order valence-electron chi connectivity index (χ2n) is 3.63. The molecule has 1 aromatic heterocycles. The first-order valence-electron chi connectivity index (χ1n) is 4.95. The summed E-state index contributed by atoms with van der Waals surface area (Å²) in [6.07, 6.45) is 2.10. The van der Waals surface area contributed by atoms with E-state index in [2.05, 4.69) is 28.8 Å². The Labute approximate surface area is 93.7 Å². The standard InChI is InChI=1S/C11H15N3S/c1-8(7-15-2)14-10-6-4-3-5-9(10)13-11(14)12/h3-6,8H,7H2,1-2H3,(H2,12,13). The summed E-state index contributed by atoms with van der Waals surface area (Å²) in [5.74, 6) is 1.66. The minimum absolute atomic E-state index is 0.382. The first kappa shape index (κ1) is 10.4. The normalized spacial score (nSPS) is 13.2. The molecule has 1 unspecified atom stereocenters. The molecule has 2 aromatic rings. The van der Waals surface area contributed by atoms with Crippen LogP contribution < -0.4 is 5.73 Å². The van der Waals surface area contributed by atoms with Gasteiger partial charge in [-0.1, -0.05) is 12.1 Å². The van der Waals surface area contributed by atoms with Crippen molar-refractivity contribution >= 4 is 28.7 Å². The van der Waals surface area contributed by atoms with Crippen molar-refractivity contribution in [3.05, 3.63) is 24.3 Å². The molecule has 0 bridgehead atoms. The zero-order chi connectivity index (χ0) is 10.8. The van der Waals surface area contributed by atoms with E-state index in [1.54, 1.807) is 0 Å². The Bertz CT molecular complexity index is 464. The molecule has 2 N–H and O–H groups in total. The highest BCUT2D eigenvalue weighted by atomic mass is 32.2. The maximum Gasteiger partial charge on any atom is 0.201 e.